The molecule has 0 saturated carbocycles. The molecule has 0 aliphatic carbocycles. The molecule has 0 fully saturated rings. The standard InChI is InChI=1S/C12H21NOS/c1-9(2)14-6-5-13-8-12-7-10(3)15-11(12)4/h7,9,13H,5-6,8H2,1-4H3. The molecule has 0 radical (unpaired) electrons. The van der Waals surface area contributed by atoms with Gasteiger partial charge in [-0.25, -0.2) is 0 Å². The number of hydrogen-bond acceptors (Lipinski definition) is 3. The molecule has 0 aliphatic rings. The summed E-state index contributed by atoms with van der Waals surface area (Å²) in [7, 11) is 0. The van der Waals surface area contributed by atoms with E-state index in [4.69, 9.17) is 4.74 Å². The van der Waals surface area contributed by atoms with Gasteiger partial charge in [-0.15, -0.1) is 11.3 Å². The van der Waals surface area contributed by atoms with E-state index >= 15 is 0 Å². The van der Waals surface area contributed by atoms with Crippen molar-refractivity contribution < 1.29 is 4.74 Å². The summed E-state index contributed by atoms with van der Waals surface area (Å²) in [5.74, 6) is 0. The van der Waals surface area contributed by atoms with E-state index in [1.165, 1.54) is 15.3 Å². The van der Waals surface area contributed by atoms with Crippen LogP contribution in [0.25, 0.3) is 0 Å². The molecule has 0 aliphatic heterocycles. The second-order valence-electron chi connectivity index (χ2n) is 4.03. The minimum atomic E-state index is 0.330. The van der Waals surface area contributed by atoms with Crippen molar-refractivity contribution in [2.75, 3.05) is 13.2 Å². The molecule has 1 heterocycles. The number of hydrogen-bond donors (Lipinski definition) is 1. The fourth-order valence-electron chi connectivity index (χ4n) is 1.45. The average Bonchev–Trinajstić information content (AvgIpc) is 2.44. The van der Waals surface area contributed by atoms with Crippen molar-refractivity contribution in [2.24, 2.45) is 0 Å². The van der Waals surface area contributed by atoms with Crippen molar-refractivity contribution in [3.05, 3.63) is 21.4 Å². The van der Waals surface area contributed by atoms with Crippen LogP contribution in [0.1, 0.15) is 29.2 Å². The van der Waals surface area contributed by atoms with E-state index in [0.717, 1.165) is 19.7 Å². The number of thiophene rings is 1. The molecular formula is C12H21NOS. The highest BCUT2D eigenvalue weighted by Crippen LogP contribution is 2.19. The Kier molecular flexibility index (Phi) is 5.29. The Morgan fingerprint density at radius 2 is 2.13 bits per heavy atom. The van der Waals surface area contributed by atoms with Crippen LogP contribution in [-0.2, 0) is 11.3 Å². The van der Waals surface area contributed by atoms with Crippen molar-refractivity contribution in [3.8, 4) is 0 Å². The molecule has 0 amide bonds. The third kappa shape index (κ3) is 4.78. The monoisotopic (exact) mass is 227 g/mol. The predicted molar refractivity (Wildman–Crippen MR) is 66.6 cm³/mol. The Bertz CT molecular complexity index is 294. The first-order chi connectivity index (χ1) is 7.09. The molecule has 3 heteroatoms. The summed E-state index contributed by atoms with van der Waals surface area (Å²) in [4.78, 5) is 2.81. The highest BCUT2D eigenvalue weighted by Gasteiger charge is 2.01. The van der Waals surface area contributed by atoms with Crippen LogP contribution in [0.5, 0.6) is 0 Å². The van der Waals surface area contributed by atoms with Crippen LogP contribution in [0.3, 0.4) is 0 Å². The molecular weight excluding hydrogens is 206 g/mol. The first-order valence-corrected chi connectivity index (χ1v) is 6.29. The lowest BCUT2D eigenvalue weighted by atomic mass is 10.2. The van der Waals surface area contributed by atoms with Gasteiger partial charge >= 0.3 is 0 Å². The van der Waals surface area contributed by atoms with Gasteiger partial charge in [-0.3, -0.25) is 0 Å². The normalized spacial score (nSPS) is 11.3. The quantitative estimate of drug-likeness (QED) is 0.755. The number of rotatable bonds is 6. The molecule has 2 nitrogen and oxygen atoms in total. The Morgan fingerprint density at radius 3 is 2.67 bits per heavy atom. The molecule has 15 heavy (non-hydrogen) atoms. The molecule has 0 aromatic carbocycles. The summed E-state index contributed by atoms with van der Waals surface area (Å²) < 4.78 is 5.46. The third-order valence-electron chi connectivity index (χ3n) is 2.19. The summed E-state index contributed by atoms with van der Waals surface area (Å²) in [6.07, 6.45) is 0.330. The zero-order valence-electron chi connectivity index (χ0n) is 10.1. The van der Waals surface area contributed by atoms with Gasteiger partial charge in [0.15, 0.2) is 0 Å². The first-order valence-electron chi connectivity index (χ1n) is 5.48. The van der Waals surface area contributed by atoms with E-state index in [-0.39, 0.29) is 0 Å². The van der Waals surface area contributed by atoms with E-state index in [1.54, 1.807) is 0 Å². The molecule has 0 bridgehead atoms. The maximum atomic E-state index is 5.46. The van der Waals surface area contributed by atoms with Gasteiger partial charge in [-0.1, -0.05) is 0 Å². The van der Waals surface area contributed by atoms with Gasteiger partial charge in [0.05, 0.1) is 12.7 Å². The molecule has 1 aromatic heterocycles. The molecule has 0 saturated heterocycles. The molecule has 0 spiro atoms. The fraction of sp³-hybridized carbons (Fsp3) is 0.667. The molecule has 1 N–H and O–H groups in total. The number of aryl methyl sites for hydroxylation is 2. The average molecular weight is 227 g/mol. The van der Waals surface area contributed by atoms with Crippen LogP contribution in [0.2, 0.25) is 0 Å². The second-order valence-corrected chi connectivity index (χ2v) is 5.50. The van der Waals surface area contributed by atoms with E-state index < -0.39 is 0 Å². The zero-order chi connectivity index (χ0) is 11.3. The molecule has 86 valence electrons. The van der Waals surface area contributed by atoms with Crippen molar-refractivity contribution in [1.29, 1.82) is 0 Å². The van der Waals surface area contributed by atoms with E-state index in [0.29, 0.717) is 6.10 Å². The first kappa shape index (κ1) is 12.7. The van der Waals surface area contributed by atoms with Crippen molar-refractivity contribution in [2.45, 2.75) is 40.3 Å². The fourth-order valence-corrected chi connectivity index (χ4v) is 2.40. The molecule has 0 unspecified atom stereocenters. The minimum Gasteiger partial charge on any atom is -0.377 e. The Morgan fingerprint density at radius 1 is 1.40 bits per heavy atom. The third-order valence-corrected chi connectivity index (χ3v) is 3.20. The summed E-state index contributed by atoms with van der Waals surface area (Å²) in [5, 5.41) is 3.39. The van der Waals surface area contributed by atoms with Gasteiger partial charge in [0.1, 0.15) is 0 Å². The van der Waals surface area contributed by atoms with Crippen LogP contribution in [0.15, 0.2) is 6.07 Å². The van der Waals surface area contributed by atoms with Gasteiger partial charge in [0.25, 0.3) is 0 Å². The van der Waals surface area contributed by atoms with Crippen molar-refractivity contribution in [3.63, 3.8) is 0 Å². The SMILES string of the molecule is Cc1cc(CNCCOC(C)C)c(C)s1. The number of nitrogens with one attached hydrogen (secondary N) is 1. The summed E-state index contributed by atoms with van der Waals surface area (Å²) in [6, 6.07) is 2.26. The Balaban J connectivity index is 2.17. The van der Waals surface area contributed by atoms with Crippen LogP contribution >= 0.6 is 11.3 Å². The topological polar surface area (TPSA) is 21.3 Å². The van der Waals surface area contributed by atoms with Crippen molar-refractivity contribution in [1.82, 2.24) is 5.32 Å². The number of ether oxygens (including phenoxy) is 1. The van der Waals surface area contributed by atoms with Crippen LogP contribution < -0.4 is 5.32 Å². The second kappa shape index (κ2) is 6.26. The van der Waals surface area contributed by atoms with E-state index in [9.17, 15) is 0 Å². The van der Waals surface area contributed by atoms with E-state index in [1.807, 2.05) is 11.3 Å². The van der Waals surface area contributed by atoms with Crippen LogP contribution in [-0.4, -0.2) is 19.3 Å². The zero-order valence-corrected chi connectivity index (χ0v) is 10.9. The lowest BCUT2D eigenvalue weighted by molar-refractivity contribution is 0.0807. The minimum absolute atomic E-state index is 0.330. The highest BCUT2D eigenvalue weighted by molar-refractivity contribution is 7.12. The maximum absolute atomic E-state index is 5.46. The van der Waals surface area contributed by atoms with E-state index in [2.05, 4.69) is 39.1 Å². The Hall–Kier alpha value is -0.380. The summed E-state index contributed by atoms with van der Waals surface area (Å²) in [6.45, 7) is 11.1. The summed E-state index contributed by atoms with van der Waals surface area (Å²) >= 11 is 1.87. The van der Waals surface area contributed by atoms with Crippen molar-refractivity contribution >= 4 is 11.3 Å². The predicted octanol–water partition coefficient (Wildman–Crippen LogP) is 2.88. The highest BCUT2D eigenvalue weighted by atomic mass is 32.1. The van der Waals surface area contributed by atoms with Gasteiger partial charge in [-0.05, 0) is 39.3 Å². The van der Waals surface area contributed by atoms with Gasteiger partial charge in [0, 0.05) is 22.8 Å². The van der Waals surface area contributed by atoms with Gasteiger partial charge < -0.3 is 10.1 Å². The maximum Gasteiger partial charge on any atom is 0.0594 e. The van der Waals surface area contributed by atoms with Crippen LogP contribution in [0, 0.1) is 13.8 Å². The summed E-state index contributed by atoms with van der Waals surface area (Å²) in [5.41, 5.74) is 1.42. The smallest absolute Gasteiger partial charge is 0.0594 e. The van der Waals surface area contributed by atoms with Gasteiger partial charge in [-0.2, -0.15) is 0 Å². The lowest BCUT2D eigenvalue weighted by Crippen LogP contribution is -2.20. The largest absolute Gasteiger partial charge is 0.377 e. The van der Waals surface area contributed by atoms with Gasteiger partial charge in [0.2, 0.25) is 0 Å². The molecule has 0 atom stereocenters. The molecule has 1 aromatic rings. The lowest BCUT2D eigenvalue weighted by Gasteiger charge is -2.08. The molecule has 1 rings (SSSR count). The Labute approximate surface area is 96.7 Å². The van der Waals surface area contributed by atoms with Crippen LogP contribution in [0.4, 0.5) is 0 Å².